The number of hydrogen-bond acceptors (Lipinski definition) is 5. The molecular formula is C26H31N5O. The number of nitrogens with zero attached hydrogens (tertiary/aromatic N) is 5. The summed E-state index contributed by atoms with van der Waals surface area (Å²) in [5.74, 6) is 0.860. The second kappa shape index (κ2) is 9.90. The van der Waals surface area contributed by atoms with Crippen LogP contribution >= 0.6 is 0 Å². The summed E-state index contributed by atoms with van der Waals surface area (Å²) >= 11 is 0. The molecule has 0 aliphatic carbocycles. The Morgan fingerprint density at radius 3 is 2.66 bits per heavy atom. The molecule has 3 aromatic rings. The molecule has 0 N–H and O–H groups in total. The molecule has 1 aliphatic heterocycles. The Hall–Kier alpha value is -3.28. The molecule has 1 atom stereocenters. The van der Waals surface area contributed by atoms with E-state index in [0.29, 0.717) is 12.4 Å². The maximum atomic E-state index is 13.4. The minimum absolute atomic E-state index is 0.0451. The fourth-order valence-corrected chi connectivity index (χ4v) is 4.39. The van der Waals surface area contributed by atoms with E-state index in [1.807, 2.05) is 60.6 Å². The van der Waals surface area contributed by atoms with Gasteiger partial charge in [-0.2, -0.15) is 0 Å². The van der Waals surface area contributed by atoms with Gasteiger partial charge in [0.1, 0.15) is 0 Å². The zero-order chi connectivity index (χ0) is 22.5. The molecule has 6 heteroatoms. The van der Waals surface area contributed by atoms with Gasteiger partial charge in [0.2, 0.25) is 11.9 Å². The van der Waals surface area contributed by atoms with Crippen molar-refractivity contribution < 1.29 is 4.79 Å². The highest BCUT2D eigenvalue weighted by molar-refractivity contribution is 5.78. The van der Waals surface area contributed by atoms with Gasteiger partial charge in [0.25, 0.3) is 0 Å². The predicted molar refractivity (Wildman–Crippen MR) is 127 cm³/mol. The van der Waals surface area contributed by atoms with Crippen LogP contribution in [0.15, 0.2) is 55.0 Å². The number of piperidine rings is 1. The minimum Gasteiger partial charge on any atom is -0.347 e. The molecule has 1 aromatic carbocycles. The third kappa shape index (κ3) is 4.79. The topological polar surface area (TPSA) is 62.2 Å². The number of pyridine rings is 1. The number of aromatic nitrogens is 3. The first-order valence-electron chi connectivity index (χ1n) is 11.3. The van der Waals surface area contributed by atoms with Crippen LogP contribution in [-0.4, -0.2) is 46.4 Å². The van der Waals surface area contributed by atoms with Crippen LogP contribution < -0.4 is 4.90 Å². The van der Waals surface area contributed by atoms with Crippen LogP contribution in [0, 0.1) is 6.92 Å². The van der Waals surface area contributed by atoms with Gasteiger partial charge >= 0.3 is 0 Å². The van der Waals surface area contributed by atoms with Crippen LogP contribution in [0.4, 0.5) is 5.95 Å². The number of amides is 1. The molecule has 0 unspecified atom stereocenters. The first kappa shape index (κ1) is 21.9. The number of rotatable bonds is 6. The fourth-order valence-electron chi connectivity index (χ4n) is 4.39. The van der Waals surface area contributed by atoms with Crippen LogP contribution in [0.25, 0.3) is 11.1 Å². The summed E-state index contributed by atoms with van der Waals surface area (Å²) in [5, 5.41) is 0. The molecular weight excluding hydrogens is 398 g/mol. The molecule has 0 spiro atoms. The maximum Gasteiger partial charge on any atom is 0.225 e. The van der Waals surface area contributed by atoms with E-state index in [9.17, 15) is 4.79 Å². The average molecular weight is 430 g/mol. The van der Waals surface area contributed by atoms with Crippen molar-refractivity contribution in [3.8, 4) is 11.1 Å². The van der Waals surface area contributed by atoms with E-state index in [2.05, 4.69) is 29.0 Å². The van der Waals surface area contributed by atoms with E-state index in [4.69, 9.17) is 4.98 Å². The molecule has 0 saturated carbocycles. The van der Waals surface area contributed by atoms with E-state index in [0.717, 1.165) is 54.6 Å². The SMILES string of the molecule is Cc1cnccc1-c1cnc(N(C)C)nc1[C@H]1CCCCN1C(=O)CCc1ccccc1. The molecule has 4 rings (SSSR count). The predicted octanol–water partition coefficient (Wildman–Crippen LogP) is 4.60. The maximum absolute atomic E-state index is 13.4. The third-order valence-electron chi connectivity index (χ3n) is 6.13. The number of aryl methyl sites for hydroxylation is 2. The quantitative estimate of drug-likeness (QED) is 0.573. The van der Waals surface area contributed by atoms with E-state index < -0.39 is 0 Å². The molecule has 1 aliphatic rings. The summed E-state index contributed by atoms with van der Waals surface area (Å²) < 4.78 is 0. The van der Waals surface area contributed by atoms with Crippen molar-refractivity contribution in [3.63, 3.8) is 0 Å². The number of hydrogen-bond donors (Lipinski definition) is 0. The highest BCUT2D eigenvalue weighted by atomic mass is 16.2. The van der Waals surface area contributed by atoms with Gasteiger partial charge in [-0.1, -0.05) is 30.3 Å². The number of carbonyl (C=O) groups excluding carboxylic acids is 1. The van der Waals surface area contributed by atoms with Crippen molar-refractivity contribution in [2.24, 2.45) is 0 Å². The lowest BCUT2D eigenvalue weighted by atomic mass is 9.92. The van der Waals surface area contributed by atoms with Crippen molar-refractivity contribution in [2.45, 2.75) is 45.1 Å². The van der Waals surface area contributed by atoms with Crippen molar-refractivity contribution in [2.75, 3.05) is 25.5 Å². The van der Waals surface area contributed by atoms with Crippen LogP contribution in [-0.2, 0) is 11.2 Å². The lowest BCUT2D eigenvalue weighted by Crippen LogP contribution is -2.39. The lowest BCUT2D eigenvalue weighted by Gasteiger charge is -2.36. The van der Waals surface area contributed by atoms with Gasteiger partial charge in [0.15, 0.2) is 0 Å². The summed E-state index contributed by atoms with van der Waals surface area (Å²) in [6.07, 6.45) is 9.87. The van der Waals surface area contributed by atoms with Crippen LogP contribution in [0.1, 0.15) is 48.5 Å². The number of likely N-dealkylation sites (tertiary alicyclic amines) is 1. The minimum atomic E-state index is -0.0451. The molecule has 6 nitrogen and oxygen atoms in total. The Morgan fingerprint density at radius 1 is 1.09 bits per heavy atom. The summed E-state index contributed by atoms with van der Waals surface area (Å²) in [6, 6.07) is 12.2. The normalized spacial score (nSPS) is 16.1. The Bertz CT molecular complexity index is 1070. The van der Waals surface area contributed by atoms with Gasteiger partial charge in [0.05, 0.1) is 11.7 Å². The molecule has 166 valence electrons. The van der Waals surface area contributed by atoms with Crippen molar-refractivity contribution in [1.82, 2.24) is 19.9 Å². The first-order valence-corrected chi connectivity index (χ1v) is 11.3. The van der Waals surface area contributed by atoms with E-state index >= 15 is 0 Å². The molecule has 3 heterocycles. The smallest absolute Gasteiger partial charge is 0.225 e. The van der Waals surface area contributed by atoms with Gasteiger partial charge < -0.3 is 9.80 Å². The van der Waals surface area contributed by atoms with Crippen LogP contribution in [0.2, 0.25) is 0 Å². The molecule has 1 amide bonds. The fraction of sp³-hybridized carbons (Fsp3) is 0.385. The van der Waals surface area contributed by atoms with E-state index in [1.165, 1.54) is 5.56 Å². The Morgan fingerprint density at radius 2 is 1.91 bits per heavy atom. The number of anilines is 1. The highest BCUT2D eigenvalue weighted by Gasteiger charge is 2.31. The molecule has 32 heavy (non-hydrogen) atoms. The number of benzene rings is 1. The summed E-state index contributed by atoms with van der Waals surface area (Å²) in [7, 11) is 3.89. The molecule has 0 radical (unpaired) electrons. The second-order valence-electron chi connectivity index (χ2n) is 8.64. The van der Waals surface area contributed by atoms with Crippen molar-refractivity contribution in [1.29, 1.82) is 0 Å². The average Bonchev–Trinajstić information content (AvgIpc) is 2.83. The van der Waals surface area contributed by atoms with Gasteiger partial charge in [-0.3, -0.25) is 9.78 Å². The van der Waals surface area contributed by atoms with Gasteiger partial charge in [-0.15, -0.1) is 0 Å². The van der Waals surface area contributed by atoms with Gasteiger partial charge in [-0.25, -0.2) is 9.97 Å². The molecule has 2 aromatic heterocycles. The highest BCUT2D eigenvalue weighted by Crippen LogP contribution is 2.37. The monoisotopic (exact) mass is 429 g/mol. The zero-order valence-electron chi connectivity index (χ0n) is 19.2. The third-order valence-corrected chi connectivity index (χ3v) is 6.13. The Kier molecular flexibility index (Phi) is 6.78. The second-order valence-corrected chi connectivity index (χ2v) is 8.64. The number of carbonyl (C=O) groups is 1. The summed E-state index contributed by atoms with van der Waals surface area (Å²) in [4.78, 5) is 31.1. The van der Waals surface area contributed by atoms with Crippen LogP contribution in [0.5, 0.6) is 0 Å². The Labute approximate surface area is 190 Å². The molecule has 1 saturated heterocycles. The van der Waals surface area contributed by atoms with Crippen molar-refractivity contribution in [3.05, 3.63) is 71.8 Å². The molecule has 1 fully saturated rings. The summed E-state index contributed by atoms with van der Waals surface area (Å²) in [5.41, 5.74) is 5.27. The van der Waals surface area contributed by atoms with Gasteiger partial charge in [-0.05, 0) is 55.4 Å². The van der Waals surface area contributed by atoms with Gasteiger partial charge in [0, 0.05) is 51.2 Å². The largest absolute Gasteiger partial charge is 0.347 e. The van der Waals surface area contributed by atoms with Crippen molar-refractivity contribution >= 4 is 11.9 Å². The van der Waals surface area contributed by atoms with Crippen LogP contribution in [0.3, 0.4) is 0 Å². The van der Waals surface area contributed by atoms with E-state index in [1.54, 1.807) is 6.20 Å². The zero-order valence-corrected chi connectivity index (χ0v) is 19.2. The Balaban J connectivity index is 1.68. The standard InChI is InChI=1S/C26H31N5O/c1-19-17-27-15-14-21(19)22-18-28-26(30(2)3)29-25(22)23-11-7-8-16-31(23)24(32)13-12-20-9-5-4-6-10-20/h4-6,9-10,14-15,17-18,23H,7-8,11-13,16H2,1-3H3/t23-/m1/s1. The first-order chi connectivity index (χ1) is 15.5. The summed E-state index contributed by atoms with van der Waals surface area (Å²) in [6.45, 7) is 2.82. The molecule has 0 bridgehead atoms. The van der Waals surface area contributed by atoms with E-state index in [-0.39, 0.29) is 11.9 Å². The lowest BCUT2D eigenvalue weighted by molar-refractivity contribution is -0.135.